The number of hydrogen-bond donors (Lipinski definition) is 2. The highest BCUT2D eigenvalue weighted by Crippen LogP contribution is 2.23. The first-order valence-corrected chi connectivity index (χ1v) is 5.25. The second-order valence-electron chi connectivity index (χ2n) is 3.89. The lowest BCUT2D eigenvalue weighted by Crippen LogP contribution is -2.34. The number of aliphatic imine (C=N–C) groups is 1. The molecule has 0 radical (unpaired) electrons. The topological polar surface area (TPSA) is 63.3 Å². The van der Waals surface area contributed by atoms with Gasteiger partial charge in [-0.25, -0.2) is 0 Å². The second-order valence-corrected chi connectivity index (χ2v) is 3.89. The SMILES string of the molecule is CC(NC(N)=NC1CC1)c1ccncc1. The second kappa shape index (κ2) is 4.29. The molecule has 4 nitrogen and oxygen atoms in total. The lowest BCUT2D eigenvalue weighted by Gasteiger charge is -2.14. The number of aromatic nitrogens is 1. The molecule has 15 heavy (non-hydrogen) atoms. The third-order valence-corrected chi connectivity index (χ3v) is 2.44. The van der Waals surface area contributed by atoms with Gasteiger partial charge in [0.2, 0.25) is 0 Å². The number of rotatable bonds is 3. The van der Waals surface area contributed by atoms with E-state index < -0.39 is 0 Å². The van der Waals surface area contributed by atoms with Crippen molar-refractivity contribution in [2.24, 2.45) is 10.7 Å². The molecule has 0 bridgehead atoms. The van der Waals surface area contributed by atoms with Crippen LogP contribution in [0.1, 0.15) is 31.4 Å². The molecule has 1 saturated carbocycles. The Bertz CT molecular complexity index is 343. The lowest BCUT2D eigenvalue weighted by molar-refractivity contribution is 0.706. The summed E-state index contributed by atoms with van der Waals surface area (Å²) in [5.41, 5.74) is 6.94. The van der Waals surface area contributed by atoms with E-state index in [1.54, 1.807) is 12.4 Å². The molecule has 0 aromatic carbocycles. The van der Waals surface area contributed by atoms with Crippen molar-refractivity contribution in [3.8, 4) is 0 Å². The summed E-state index contributed by atoms with van der Waals surface area (Å²) in [7, 11) is 0. The summed E-state index contributed by atoms with van der Waals surface area (Å²) >= 11 is 0. The summed E-state index contributed by atoms with van der Waals surface area (Å²) in [5, 5.41) is 3.17. The summed E-state index contributed by atoms with van der Waals surface area (Å²) in [6.07, 6.45) is 5.90. The van der Waals surface area contributed by atoms with Crippen LogP contribution in [0.5, 0.6) is 0 Å². The van der Waals surface area contributed by atoms with Crippen LogP contribution in [0.3, 0.4) is 0 Å². The zero-order valence-electron chi connectivity index (χ0n) is 8.85. The van der Waals surface area contributed by atoms with Crippen LogP contribution in [0.25, 0.3) is 0 Å². The van der Waals surface area contributed by atoms with Gasteiger partial charge in [-0.05, 0) is 37.5 Å². The summed E-state index contributed by atoms with van der Waals surface area (Å²) < 4.78 is 0. The maximum atomic E-state index is 5.78. The third-order valence-electron chi connectivity index (χ3n) is 2.44. The molecule has 1 unspecified atom stereocenters. The number of guanidine groups is 1. The molecule has 80 valence electrons. The van der Waals surface area contributed by atoms with Gasteiger partial charge in [0.05, 0.1) is 12.1 Å². The van der Waals surface area contributed by atoms with Crippen molar-refractivity contribution >= 4 is 5.96 Å². The fourth-order valence-electron chi connectivity index (χ4n) is 1.39. The van der Waals surface area contributed by atoms with Crippen LogP contribution in [-0.4, -0.2) is 17.0 Å². The largest absolute Gasteiger partial charge is 0.370 e. The van der Waals surface area contributed by atoms with Gasteiger partial charge in [-0.15, -0.1) is 0 Å². The molecule has 1 fully saturated rings. The van der Waals surface area contributed by atoms with Crippen molar-refractivity contribution in [3.05, 3.63) is 30.1 Å². The average Bonchev–Trinajstić information content (AvgIpc) is 3.03. The highest BCUT2D eigenvalue weighted by molar-refractivity contribution is 5.78. The predicted octanol–water partition coefficient (Wildman–Crippen LogP) is 1.21. The Labute approximate surface area is 89.6 Å². The molecule has 1 aliphatic rings. The molecule has 1 aliphatic carbocycles. The fourth-order valence-corrected chi connectivity index (χ4v) is 1.39. The van der Waals surface area contributed by atoms with E-state index in [0.29, 0.717) is 12.0 Å². The Morgan fingerprint density at radius 2 is 2.20 bits per heavy atom. The van der Waals surface area contributed by atoms with E-state index in [1.807, 2.05) is 12.1 Å². The number of hydrogen-bond acceptors (Lipinski definition) is 2. The van der Waals surface area contributed by atoms with Crippen molar-refractivity contribution < 1.29 is 0 Å². The van der Waals surface area contributed by atoms with Crippen LogP contribution < -0.4 is 11.1 Å². The van der Waals surface area contributed by atoms with Crippen molar-refractivity contribution in [3.63, 3.8) is 0 Å². The number of nitrogens with zero attached hydrogens (tertiary/aromatic N) is 2. The third kappa shape index (κ3) is 2.94. The van der Waals surface area contributed by atoms with E-state index in [2.05, 4.69) is 22.2 Å². The molecule has 1 aromatic rings. The zero-order valence-corrected chi connectivity index (χ0v) is 8.85. The highest BCUT2D eigenvalue weighted by atomic mass is 15.1. The Kier molecular flexibility index (Phi) is 2.85. The molecule has 0 spiro atoms. The van der Waals surface area contributed by atoms with Crippen molar-refractivity contribution in [1.82, 2.24) is 10.3 Å². The van der Waals surface area contributed by atoms with E-state index in [1.165, 1.54) is 18.4 Å². The molecule has 4 heteroatoms. The van der Waals surface area contributed by atoms with Gasteiger partial charge >= 0.3 is 0 Å². The van der Waals surface area contributed by atoms with E-state index >= 15 is 0 Å². The first-order valence-electron chi connectivity index (χ1n) is 5.25. The van der Waals surface area contributed by atoms with Gasteiger partial charge in [-0.3, -0.25) is 9.98 Å². The van der Waals surface area contributed by atoms with E-state index in [4.69, 9.17) is 5.73 Å². The van der Waals surface area contributed by atoms with Crippen LogP contribution in [0, 0.1) is 0 Å². The molecule has 1 heterocycles. The monoisotopic (exact) mass is 204 g/mol. The van der Waals surface area contributed by atoms with Crippen molar-refractivity contribution in [1.29, 1.82) is 0 Å². The molecule has 1 aromatic heterocycles. The Morgan fingerprint density at radius 3 is 2.80 bits per heavy atom. The van der Waals surface area contributed by atoms with Crippen LogP contribution in [0.2, 0.25) is 0 Å². The molecule has 3 N–H and O–H groups in total. The van der Waals surface area contributed by atoms with Gasteiger partial charge in [0.25, 0.3) is 0 Å². The molecular weight excluding hydrogens is 188 g/mol. The molecule has 1 atom stereocenters. The first kappa shape index (κ1) is 9.96. The molecule has 0 aliphatic heterocycles. The number of pyridine rings is 1. The van der Waals surface area contributed by atoms with Gasteiger partial charge < -0.3 is 11.1 Å². The van der Waals surface area contributed by atoms with Crippen LogP contribution in [0.15, 0.2) is 29.5 Å². The minimum Gasteiger partial charge on any atom is -0.370 e. The summed E-state index contributed by atoms with van der Waals surface area (Å²) in [5.74, 6) is 0.543. The molecular formula is C11H16N4. The van der Waals surface area contributed by atoms with Crippen molar-refractivity contribution in [2.45, 2.75) is 31.8 Å². The molecule has 2 rings (SSSR count). The number of nitrogens with one attached hydrogen (secondary N) is 1. The lowest BCUT2D eigenvalue weighted by atomic mass is 10.1. The van der Waals surface area contributed by atoms with E-state index in [9.17, 15) is 0 Å². The standard InChI is InChI=1S/C11H16N4/c1-8(9-4-6-13-7-5-9)14-11(12)15-10-2-3-10/h4-8,10H,2-3H2,1H3,(H3,12,14,15). The van der Waals surface area contributed by atoms with E-state index in [0.717, 1.165) is 0 Å². The van der Waals surface area contributed by atoms with Gasteiger partial charge in [0.15, 0.2) is 5.96 Å². The molecule has 0 amide bonds. The Balaban J connectivity index is 1.94. The average molecular weight is 204 g/mol. The highest BCUT2D eigenvalue weighted by Gasteiger charge is 2.20. The maximum absolute atomic E-state index is 5.78. The van der Waals surface area contributed by atoms with Crippen molar-refractivity contribution in [2.75, 3.05) is 0 Å². The summed E-state index contributed by atoms with van der Waals surface area (Å²) in [4.78, 5) is 8.30. The Morgan fingerprint density at radius 1 is 1.53 bits per heavy atom. The summed E-state index contributed by atoms with van der Waals surface area (Å²) in [6.45, 7) is 2.06. The van der Waals surface area contributed by atoms with Gasteiger partial charge in [-0.2, -0.15) is 0 Å². The first-order chi connectivity index (χ1) is 7.25. The maximum Gasteiger partial charge on any atom is 0.189 e. The quantitative estimate of drug-likeness (QED) is 0.574. The fraction of sp³-hybridized carbons (Fsp3) is 0.455. The Hall–Kier alpha value is -1.58. The van der Waals surface area contributed by atoms with Crippen LogP contribution in [-0.2, 0) is 0 Å². The minimum atomic E-state index is 0.176. The van der Waals surface area contributed by atoms with E-state index in [-0.39, 0.29) is 6.04 Å². The zero-order chi connectivity index (χ0) is 10.7. The minimum absolute atomic E-state index is 0.176. The molecule has 0 saturated heterocycles. The number of nitrogens with two attached hydrogens (primary N) is 1. The van der Waals surface area contributed by atoms with Gasteiger partial charge in [0.1, 0.15) is 0 Å². The van der Waals surface area contributed by atoms with Crippen LogP contribution >= 0.6 is 0 Å². The van der Waals surface area contributed by atoms with Crippen LogP contribution in [0.4, 0.5) is 0 Å². The normalized spacial score (nSPS) is 18.6. The smallest absolute Gasteiger partial charge is 0.189 e. The summed E-state index contributed by atoms with van der Waals surface area (Å²) in [6, 6.07) is 4.59. The van der Waals surface area contributed by atoms with Gasteiger partial charge in [-0.1, -0.05) is 0 Å². The predicted molar refractivity (Wildman–Crippen MR) is 60.4 cm³/mol. The van der Waals surface area contributed by atoms with Gasteiger partial charge in [0, 0.05) is 12.4 Å².